The highest BCUT2D eigenvalue weighted by atomic mass is 16.3. The van der Waals surface area contributed by atoms with Crippen LogP contribution >= 0.6 is 0 Å². The number of nitrogens with zero attached hydrogens (tertiary/aromatic N) is 1. The van der Waals surface area contributed by atoms with Crippen molar-refractivity contribution in [2.75, 3.05) is 18.8 Å². The monoisotopic (exact) mass is 194 g/mol. The number of nitrogens with two attached hydrogens (primary N) is 1. The Morgan fingerprint density at radius 2 is 1.93 bits per heavy atom. The van der Waals surface area contributed by atoms with Crippen LogP contribution in [0.1, 0.15) is 19.4 Å². The molecule has 0 saturated carbocycles. The van der Waals surface area contributed by atoms with E-state index in [0.717, 1.165) is 25.2 Å². The molecular weight excluding hydrogens is 176 g/mol. The van der Waals surface area contributed by atoms with Gasteiger partial charge >= 0.3 is 0 Å². The fourth-order valence-electron chi connectivity index (χ4n) is 1.43. The van der Waals surface area contributed by atoms with Crippen molar-refractivity contribution in [3.05, 3.63) is 23.8 Å². The van der Waals surface area contributed by atoms with Crippen LogP contribution in [-0.4, -0.2) is 23.1 Å². The number of aromatic hydroxyl groups is 1. The molecule has 1 rings (SSSR count). The summed E-state index contributed by atoms with van der Waals surface area (Å²) in [6, 6.07) is 5.49. The number of anilines is 1. The minimum atomic E-state index is 0.222. The lowest BCUT2D eigenvalue weighted by molar-refractivity contribution is 0.291. The zero-order valence-corrected chi connectivity index (χ0v) is 8.83. The average molecular weight is 194 g/mol. The van der Waals surface area contributed by atoms with Crippen LogP contribution in [0, 0.1) is 0 Å². The summed E-state index contributed by atoms with van der Waals surface area (Å²) in [5, 5.41) is 9.69. The van der Waals surface area contributed by atoms with Crippen LogP contribution in [0.25, 0.3) is 0 Å². The quantitative estimate of drug-likeness (QED) is 0.567. The van der Waals surface area contributed by atoms with Crippen molar-refractivity contribution in [3.63, 3.8) is 0 Å². The van der Waals surface area contributed by atoms with Crippen molar-refractivity contribution in [2.45, 2.75) is 20.4 Å². The molecular formula is C11H18N2O. The Balaban J connectivity index is 2.80. The molecule has 0 aromatic heterocycles. The van der Waals surface area contributed by atoms with E-state index in [4.69, 9.17) is 5.73 Å². The predicted octanol–water partition coefficient (Wildman–Crippen LogP) is 1.82. The summed E-state index contributed by atoms with van der Waals surface area (Å²) in [5.41, 5.74) is 6.96. The Bertz CT molecular complexity index is 295. The first kappa shape index (κ1) is 10.9. The molecule has 14 heavy (non-hydrogen) atoms. The summed E-state index contributed by atoms with van der Waals surface area (Å²) in [6.45, 7) is 6.92. The Labute approximate surface area is 85.2 Å². The van der Waals surface area contributed by atoms with Gasteiger partial charge in [-0.25, -0.2) is 0 Å². The molecule has 0 fully saturated rings. The summed E-state index contributed by atoms with van der Waals surface area (Å²) < 4.78 is 0. The maximum atomic E-state index is 9.69. The first-order chi connectivity index (χ1) is 6.69. The fourth-order valence-corrected chi connectivity index (χ4v) is 1.43. The largest absolute Gasteiger partial charge is 0.505 e. The lowest BCUT2D eigenvalue weighted by atomic mass is 10.1. The summed E-state index contributed by atoms with van der Waals surface area (Å²) in [6.07, 6.45) is 0. The highest BCUT2D eigenvalue weighted by molar-refractivity contribution is 5.55. The van der Waals surface area contributed by atoms with Crippen LogP contribution in [0.15, 0.2) is 18.2 Å². The van der Waals surface area contributed by atoms with Gasteiger partial charge in [0.15, 0.2) is 0 Å². The molecule has 0 radical (unpaired) electrons. The molecule has 0 atom stereocenters. The molecule has 0 spiro atoms. The third-order valence-electron chi connectivity index (χ3n) is 2.44. The summed E-state index contributed by atoms with van der Waals surface area (Å²) >= 11 is 0. The second-order valence-electron chi connectivity index (χ2n) is 3.32. The highest BCUT2D eigenvalue weighted by Crippen LogP contribution is 2.25. The number of benzene rings is 1. The molecule has 3 heteroatoms. The predicted molar refractivity (Wildman–Crippen MR) is 59.1 cm³/mol. The number of hydrogen-bond acceptors (Lipinski definition) is 3. The average Bonchev–Trinajstić information content (AvgIpc) is 2.20. The van der Waals surface area contributed by atoms with Gasteiger partial charge in [0.25, 0.3) is 0 Å². The van der Waals surface area contributed by atoms with Crippen LogP contribution in [0.5, 0.6) is 5.75 Å². The van der Waals surface area contributed by atoms with Crippen molar-refractivity contribution in [2.24, 2.45) is 0 Å². The minimum absolute atomic E-state index is 0.222. The number of hydrogen-bond donors (Lipinski definition) is 2. The molecule has 0 aliphatic heterocycles. The molecule has 0 heterocycles. The number of phenols is 1. The molecule has 78 valence electrons. The van der Waals surface area contributed by atoms with E-state index in [1.807, 2.05) is 12.1 Å². The van der Waals surface area contributed by atoms with E-state index >= 15 is 0 Å². The number of para-hydroxylation sites is 1. The second kappa shape index (κ2) is 4.86. The van der Waals surface area contributed by atoms with Crippen LogP contribution in [0.4, 0.5) is 5.69 Å². The van der Waals surface area contributed by atoms with Gasteiger partial charge in [0, 0.05) is 12.1 Å². The van der Waals surface area contributed by atoms with Crippen LogP contribution in [0.2, 0.25) is 0 Å². The second-order valence-corrected chi connectivity index (χ2v) is 3.32. The summed E-state index contributed by atoms with van der Waals surface area (Å²) in [4.78, 5) is 2.23. The third kappa shape index (κ3) is 2.39. The maximum Gasteiger partial charge on any atom is 0.142 e. The molecule has 0 bridgehead atoms. The highest BCUT2D eigenvalue weighted by Gasteiger charge is 2.07. The molecule has 3 N–H and O–H groups in total. The smallest absolute Gasteiger partial charge is 0.142 e. The summed E-state index contributed by atoms with van der Waals surface area (Å²) in [7, 11) is 0. The lowest BCUT2D eigenvalue weighted by Crippen LogP contribution is -2.22. The van der Waals surface area contributed by atoms with E-state index in [1.54, 1.807) is 6.07 Å². The van der Waals surface area contributed by atoms with Crippen molar-refractivity contribution in [1.29, 1.82) is 0 Å². The molecule has 0 saturated heterocycles. The Morgan fingerprint density at radius 3 is 2.50 bits per heavy atom. The van der Waals surface area contributed by atoms with E-state index in [1.165, 1.54) is 0 Å². The molecule has 1 aromatic carbocycles. The standard InChI is InChI=1S/C11H18N2O/c1-3-13(4-2)8-9-6-5-7-10(12)11(9)14/h5-7,14H,3-4,8,12H2,1-2H3. The molecule has 1 aromatic rings. The van der Waals surface area contributed by atoms with Gasteiger partial charge in [-0.05, 0) is 19.2 Å². The number of nitrogen functional groups attached to an aromatic ring is 1. The van der Waals surface area contributed by atoms with Gasteiger partial charge in [-0.15, -0.1) is 0 Å². The molecule has 3 nitrogen and oxygen atoms in total. The zero-order chi connectivity index (χ0) is 10.6. The van der Waals surface area contributed by atoms with Crippen molar-refractivity contribution in [1.82, 2.24) is 4.90 Å². The third-order valence-corrected chi connectivity index (χ3v) is 2.44. The summed E-state index contributed by atoms with van der Waals surface area (Å²) in [5.74, 6) is 0.222. The SMILES string of the molecule is CCN(CC)Cc1cccc(N)c1O. The van der Waals surface area contributed by atoms with Crippen LogP contribution in [0.3, 0.4) is 0 Å². The van der Waals surface area contributed by atoms with E-state index in [2.05, 4.69) is 18.7 Å². The fraction of sp³-hybridized carbons (Fsp3) is 0.455. The van der Waals surface area contributed by atoms with E-state index < -0.39 is 0 Å². The van der Waals surface area contributed by atoms with E-state index in [0.29, 0.717) is 5.69 Å². The molecule has 0 unspecified atom stereocenters. The first-order valence-electron chi connectivity index (χ1n) is 4.97. The van der Waals surface area contributed by atoms with Crippen molar-refractivity contribution >= 4 is 5.69 Å². The Morgan fingerprint density at radius 1 is 1.29 bits per heavy atom. The van der Waals surface area contributed by atoms with Gasteiger partial charge in [-0.1, -0.05) is 26.0 Å². The first-order valence-corrected chi connectivity index (χ1v) is 4.97. The minimum Gasteiger partial charge on any atom is -0.505 e. The van der Waals surface area contributed by atoms with E-state index in [-0.39, 0.29) is 5.75 Å². The van der Waals surface area contributed by atoms with Crippen LogP contribution in [-0.2, 0) is 6.54 Å². The topological polar surface area (TPSA) is 49.5 Å². The maximum absolute atomic E-state index is 9.69. The van der Waals surface area contributed by atoms with Gasteiger partial charge in [-0.3, -0.25) is 4.90 Å². The van der Waals surface area contributed by atoms with Crippen molar-refractivity contribution in [3.8, 4) is 5.75 Å². The number of phenolic OH excluding ortho intramolecular Hbond substituents is 1. The zero-order valence-electron chi connectivity index (χ0n) is 8.83. The Kier molecular flexibility index (Phi) is 3.77. The van der Waals surface area contributed by atoms with Gasteiger partial charge in [-0.2, -0.15) is 0 Å². The van der Waals surface area contributed by atoms with Gasteiger partial charge in [0.1, 0.15) is 5.75 Å². The molecule has 0 aliphatic carbocycles. The van der Waals surface area contributed by atoms with E-state index in [9.17, 15) is 5.11 Å². The van der Waals surface area contributed by atoms with Crippen LogP contribution < -0.4 is 5.73 Å². The molecule has 0 aliphatic rings. The van der Waals surface area contributed by atoms with Gasteiger partial charge < -0.3 is 10.8 Å². The van der Waals surface area contributed by atoms with Crippen molar-refractivity contribution < 1.29 is 5.11 Å². The normalized spacial score (nSPS) is 10.8. The molecule has 0 amide bonds. The van der Waals surface area contributed by atoms with Gasteiger partial charge in [0.2, 0.25) is 0 Å². The van der Waals surface area contributed by atoms with Gasteiger partial charge in [0.05, 0.1) is 5.69 Å². The number of rotatable bonds is 4. The lowest BCUT2D eigenvalue weighted by Gasteiger charge is -2.18. The Hall–Kier alpha value is -1.22.